The van der Waals surface area contributed by atoms with Crippen molar-refractivity contribution < 1.29 is 14.6 Å². The highest BCUT2D eigenvalue weighted by molar-refractivity contribution is 7.99. The summed E-state index contributed by atoms with van der Waals surface area (Å²) < 4.78 is 11.5. The Morgan fingerprint density at radius 1 is 0.964 bits per heavy atom. The summed E-state index contributed by atoms with van der Waals surface area (Å²) in [7, 11) is 1.68. The molecule has 1 N–H and O–H groups in total. The van der Waals surface area contributed by atoms with Gasteiger partial charge in [0, 0.05) is 37.7 Å². The van der Waals surface area contributed by atoms with Gasteiger partial charge in [0.25, 0.3) is 0 Å². The number of likely N-dealkylation sites (tertiary alicyclic amines) is 1. The van der Waals surface area contributed by atoms with E-state index in [0.29, 0.717) is 18.9 Å². The maximum atomic E-state index is 10.4. The number of ether oxygens (including phenoxy) is 2. The number of benzene rings is 1. The second kappa shape index (κ2) is 11.9. The minimum Gasteiger partial charge on any atom is -0.493 e. The van der Waals surface area contributed by atoms with Crippen LogP contribution in [0.2, 0.25) is 0 Å². The fourth-order valence-corrected chi connectivity index (χ4v) is 4.96. The SMILES string of the molecule is COc1cc(CN2CCSCC2)ccc1OCC(O)CN1CCCCCCC1. The van der Waals surface area contributed by atoms with Crippen molar-refractivity contribution >= 4 is 11.8 Å². The van der Waals surface area contributed by atoms with Crippen LogP contribution in [0.25, 0.3) is 0 Å². The number of aliphatic hydroxyl groups is 1. The topological polar surface area (TPSA) is 45.2 Å². The van der Waals surface area contributed by atoms with Crippen molar-refractivity contribution in [3.05, 3.63) is 23.8 Å². The second-order valence-electron chi connectivity index (χ2n) is 7.91. The standard InChI is InChI=1S/C22H36N2O3S/c1-26-22-15-19(16-24-11-13-28-14-12-24)7-8-21(22)27-18-20(25)17-23-9-5-3-2-4-6-10-23/h7-8,15,20,25H,2-6,9-14,16-18H2,1H3. The third-order valence-corrected chi connectivity index (χ3v) is 6.53. The van der Waals surface area contributed by atoms with Gasteiger partial charge in [0.05, 0.1) is 7.11 Å². The molecule has 2 heterocycles. The summed E-state index contributed by atoms with van der Waals surface area (Å²) in [5, 5.41) is 10.4. The van der Waals surface area contributed by atoms with E-state index in [2.05, 4.69) is 21.9 Å². The van der Waals surface area contributed by atoms with Crippen LogP contribution < -0.4 is 9.47 Å². The summed E-state index contributed by atoms with van der Waals surface area (Å²) in [6.07, 6.45) is 5.96. The molecule has 2 aliphatic heterocycles. The van der Waals surface area contributed by atoms with Gasteiger partial charge in [-0.05, 0) is 43.6 Å². The molecule has 3 rings (SSSR count). The van der Waals surface area contributed by atoms with E-state index in [1.54, 1.807) is 7.11 Å². The minimum atomic E-state index is -0.477. The Balaban J connectivity index is 1.48. The van der Waals surface area contributed by atoms with Gasteiger partial charge in [-0.1, -0.05) is 25.3 Å². The van der Waals surface area contributed by atoms with E-state index in [1.165, 1.54) is 49.2 Å². The fourth-order valence-electron chi connectivity index (χ4n) is 3.98. The Morgan fingerprint density at radius 3 is 2.39 bits per heavy atom. The highest BCUT2D eigenvalue weighted by Crippen LogP contribution is 2.29. The lowest BCUT2D eigenvalue weighted by molar-refractivity contribution is 0.0645. The molecule has 2 aliphatic rings. The smallest absolute Gasteiger partial charge is 0.161 e. The van der Waals surface area contributed by atoms with E-state index in [1.807, 2.05) is 17.8 Å². The van der Waals surface area contributed by atoms with Gasteiger partial charge >= 0.3 is 0 Å². The second-order valence-corrected chi connectivity index (χ2v) is 9.13. The van der Waals surface area contributed by atoms with Crippen LogP contribution in [0.5, 0.6) is 11.5 Å². The third-order valence-electron chi connectivity index (χ3n) is 5.59. The number of rotatable bonds is 8. The zero-order valence-electron chi connectivity index (χ0n) is 17.3. The van der Waals surface area contributed by atoms with Gasteiger partial charge in [0.2, 0.25) is 0 Å². The molecule has 0 radical (unpaired) electrons. The van der Waals surface area contributed by atoms with Crippen molar-refractivity contribution in [2.45, 2.75) is 44.8 Å². The van der Waals surface area contributed by atoms with Gasteiger partial charge in [-0.3, -0.25) is 4.90 Å². The van der Waals surface area contributed by atoms with Crippen molar-refractivity contribution in [2.75, 3.05) is 57.9 Å². The molecule has 1 aromatic carbocycles. The number of nitrogens with zero attached hydrogens (tertiary/aromatic N) is 2. The van der Waals surface area contributed by atoms with Crippen LogP contribution in [0.4, 0.5) is 0 Å². The zero-order valence-corrected chi connectivity index (χ0v) is 18.1. The molecule has 6 heteroatoms. The summed E-state index contributed by atoms with van der Waals surface area (Å²) in [5.41, 5.74) is 1.25. The Kier molecular flexibility index (Phi) is 9.25. The molecule has 1 atom stereocenters. The Morgan fingerprint density at radius 2 is 1.68 bits per heavy atom. The molecule has 158 valence electrons. The molecule has 0 spiro atoms. The predicted molar refractivity (Wildman–Crippen MR) is 117 cm³/mol. The van der Waals surface area contributed by atoms with Crippen molar-refractivity contribution in [3.8, 4) is 11.5 Å². The van der Waals surface area contributed by atoms with Gasteiger partial charge in [-0.25, -0.2) is 0 Å². The Labute approximate surface area is 174 Å². The molecule has 2 saturated heterocycles. The van der Waals surface area contributed by atoms with Crippen molar-refractivity contribution in [1.82, 2.24) is 9.80 Å². The first kappa shape index (κ1) is 21.8. The molecule has 2 fully saturated rings. The van der Waals surface area contributed by atoms with E-state index < -0.39 is 6.10 Å². The molecule has 0 aliphatic carbocycles. The van der Waals surface area contributed by atoms with Gasteiger partial charge in [-0.2, -0.15) is 11.8 Å². The van der Waals surface area contributed by atoms with Crippen molar-refractivity contribution in [1.29, 1.82) is 0 Å². The number of hydrogen-bond donors (Lipinski definition) is 1. The largest absolute Gasteiger partial charge is 0.493 e. The lowest BCUT2D eigenvalue weighted by Crippen LogP contribution is -2.37. The number of aliphatic hydroxyl groups excluding tert-OH is 1. The van der Waals surface area contributed by atoms with E-state index in [0.717, 1.165) is 38.5 Å². The summed E-state index contributed by atoms with van der Waals surface area (Å²) in [6, 6.07) is 6.17. The highest BCUT2D eigenvalue weighted by Gasteiger charge is 2.16. The van der Waals surface area contributed by atoms with Crippen LogP contribution in [0.15, 0.2) is 18.2 Å². The summed E-state index contributed by atoms with van der Waals surface area (Å²) in [5.74, 6) is 3.90. The van der Waals surface area contributed by atoms with E-state index in [4.69, 9.17) is 9.47 Å². The minimum absolute atomic E-state index is 0.301. The van der Waals surface area contributed by atoms with Crippen LogP contribution in [-0.2, 0) is 6.54 Å². The number of methoxy groups -OCH3 is 1. The van der Waals surface area contributed by atoms with Gasteiger partial charge in [0.1, 0.15) is 12.7 Å². The molecule has 0 bridgehead atoms. The van der Waals surface area contributed by atoms with Gasteiger partial charge < -0.3 is 19.5 Å². The average molecular weight is 409 g/mol. The quantitative estimate of drug-likeness (QED) is 0.712. The van der Waals surface area contributed by atoms with E-state index in [-0.39, 0.29) is 0 Å². The van der Waals surface area contributed by atoms with Gasteiger partial charge in [-0.15, -0.1) is 0 Å². The zero-order chi connectivity index (χ0) is 19.6. The predicted octanol–water partition coefficient (Wildman–Crippen LogP) is 3.25. The molecule has 1 unspecified atom stereocenters. The highest BCUT2D eigenvalue weighted by atomic mass is 32.2. The molecule has 28 heavy (non-hydrogen) atoms. The van der Waals surface area contributed by atoms with Crippen molar-refractivity contribution in [2.24, 2.45) is 0 Å². The summed E-state index contributed by atoms with van der Waals surface area (Å²) in [4.78, 5) is 4.86. The molecule has 0 saturated carbocycles. The molecular formula is C22H36N2O3S. The maximum Gasteiger partial charge on any atom is 0.161 e. The first-order chi connectivity index (χ1) is 13.7. The first-order valence-corrected chi connectivity index (χ1v) is 11.9. The molecule has 0 aromatic heterocycles. The molecule has 5 nitrogen and oxygen atoms in total. The monoisotopic (exact) mass is 408 g/mol. The summed E-state index contributed by atoms with van der Waals surface area (Å²) >= 11 is 2.03. The summed E-state index contributed by atoms with van der Waals surface area (Å²) in [6.45, 7) is 6.41. The molecule has 0 amide bonds. The van der Waals surface area contributed by atoms with Crippen LogP contribution in [0.3, 0.4) is 0 Å². The molecular weight excluding hydrogens is 372 g/mol. The lowest BCUT2D eigenvalue weighted by atomic mass is 10.1. The van der Waals surface area contributed by atoms with E-state index in [9.17, 15) is 5.11 Å². The molecule has 1 aromatic rings. The first-order valence-electron chi connectivity index (χ1n) is 10.7. The van der Waals surface area contributed by atoms with E-state index >= 15 is 0 Å². The van der Waals surface area contributed by atoms with Crippen LogP contribution in [0.1, 0.15) is 37.7 Å². The van der Waals surface area contributed by atoms with Crippen LogP contribution >= 0.6 is 11.8 Å². The Hall–Kier alpha value is -0.950. The normalized spacial score (nSPS) is 20.9. The Bertz CT molecular complexity index is 573. The average Bonchev–Trinajstić information content (AvgIpc) is 2.69. The number of β-amino-alcohol motifs (C(OH)–C–C–N with tert-alkyl or cyclic N) is 1. The van der Waals surface area contributed by atoms with Crippen LogP contribution in [-0.4, -0.2) is 79.0 Å². The lowest BCUT2D eigenvalue weighted by Gasteiger charge is -2.27. The third kappa shape index (κ3) is 7.14. The van der Waals surface area contributed by atoms with Gasteiger partial charge in [0.15, 0.2) is 11.5 Å². The van der Waals surface area contributed by atoms with Crippen LogP contribution in [0, 0.1) is 0 Å². The number of hydrogen-bond acceptors (Lipinski definition) is 6. The fraction of sp³-hybridized carbons (Fsp3) is 0.727. The van der Waals surface area contributed by atoms with Crippen molar-refractivity contribution in [3.63, 3.8) is 0 Å². The number of thioether (sulfide) groups is 1. The maximum absolute atomic E-state index is 10.4.